The van der Waals surface area contributed by atoms with E-state index in [0.717, 1.165) is 24.8 Å². The van der Waals surface area contributed by atoms with Crippen LogP contribution in [0.2, 0.25) is 0 Å². The van der Waals surface area contributed by atoms with Crippen LogP contribution < -0.4 is 5.32 Å². The Bertz CT molecular complexity index is 385. The summed E-state index contributed by atoms with van der Waals surface area (Å²) in [5.74, 6) is 1.80. The molecule has 0 amide bonds. The highest BCUT2D eigenvalue weighted by Gasteiger charge is 2.27. The first-order valence-corrected chi connectivity index (χ1v) is 8.43. The number of nitrogens with zero attached hydrogens (tertiary/aromatic N) is 2. The van der Waals surface area contributed by atoms with Gasteiger partial charge in [-0.1, -0.05) is 33.1 Å². The maximum Gasteiger partial charge on any atom is 0.0522 e. The van der Waals surface area contributed by atoms with E-state index in [4.69, 9.17) is 0 Å². The van der Waals surface area contributed by atoms with Gasteiger partial charge in [-0.15, -0.1) is 0 Å². The lowest BCUT2D eigenvalue weighted by atomic mass is 9.75. The summed E-state index contributed by atoms with van der Waals surface area (Å²) < 4.78 is 1.92. The summed E-state index contributed by atoms with van der Waals surface area (Å²) in [6.07, 6.45) is 13.6. The van der Waals surface area contributed by atoms with Crippen LogP contribution >= 0.6 is 0 Å². The van der Waals surface area contributed by atoms with Gasteiger partial charge in [-0.2, -0.15) is 5.10 Å². The average molecular weight is 277 g/mol. The molecule has 1 aliphatic carbocycles. The zero-order valence-corrected chi connectivity index (χ0v) is 13.4. The normalized spacial score (nSPS) is 24.8. The van der Waals surface area contributed by atoms with Gasteiger partial charge in [0.25, 0.3) is 0 Å². The molecule has 0 saturated heterocycles. The molecule has 0 radical (unpaired) electrons. The molecule has 20 heavy (non-hydrogen) atoms. The molecule has 1 aliphatic rings. The molecule has 0 spiro atoms. The predicted molar refractivity (Wildman–Crippen MR) is 84.7 cm³/mol. The van der Waals surface area contributed by atoms with Gasteiger partial charge in [-0.05, 0) is 49.6 Å². The molecule has 1 saturated carbocycles. The van der Waals surface area contributed by atoms with Gasteiger partial charge < -0.3 is 5.32 Å². The van der Waals surface area contributed by atoms with Crippen molar-refractivity contribution in [3.8, 4) is 0 Å². The number of hydrogen-bond acceptors (Lipinski definition) is 2. The first-order chi connectivity index (χ1) is 9.72. The van der Waals surface area contributed by atoms with Gasteiger partial charge >= 0.3 is 0 Å². The number of aromatic nitrogens is 2. The van der Waals surface area contributed by atoms with Crippen LogP contribution in [-0.2, 0) is 13.5 Å². The maximum atomic E-state index is 4.32. The van der Waals surface area contributed by atoms with Gasteiger partial charge in [0.05, 0.1) is 6.20 Å². The fourth-order valence-corrected chi connectivity index (χ4v) is 3.64. The van der Waals surface area contributed by atoms with E-state index in [2.05, 4.69) is 30.5 Å². The van der Waals surface area contributed by atoms with E-state index in [1.807, 2.05) is 17.9 Å². The molecule has 2 rings (SSSR count). The molecule has 3 unspecified atom stereocenters. The smallest absolute Gasteiger partial charge is 0.0522 e. The first kappa shape index (κ1) is 15.6. The first-order valence-electron chi connectivity index (χ1n) is 8.43. The minimum Gasteiger partial charge on any atom is -0.313 e. The summed E-state index contributed by atoms with van der Waals surface area (Å²) in [5, 5.41) is 8.12. The van der Waals surface area contributed by atoms with Gasteiger partial charge in [-0.25, -0.2) is 0 Å². The largest absolute Gasteiger partial charge is 0.313 e. The Morgan fingerprint density at radius 3 is 2.90 bits per heavy atom. The number of nitrogens with one attached hydrogen (secondary N) is 1. The molecule has 0 aromatic carbocycles. The van der Waals surface area contributed by atoms with Crippen LogP contribution in [0.25, 0.3) is 0 Å². The van der Waals surface area contributed by atoms with Crippen LogP contribution in [0, 0.1) is 11.8 Å². The van der Waals surface area contributed by atoms with Crippen molar-refractivity contribution in [3.05, 3.63) is 18.0 Å². The summed E-state index contributed by atoms with van der Waals surface area (Å²) in [5.41, 5.74) is 1.37. The summed E-state index contributed by atoms with van der Waals surface area (Å²) in [6, 6.07) is 0.633. The van der Waals surface area contributed by atoms with E-state index >= 15 is 0 Å². The monoisotopic (exact) mass is 277 g/mol. The molecule has 0 aliphatic heterocycles. The molecule has 3 atom stereocenters. The van der Waals surface area contributed by atoms with Gasteiger partial charge in [0.2, 0.25) is 0 Å². The van der Waals surface area contributed by atoms with Crippen molar-refractivity contribution >= 4 is 0 Å². The predicted octanol–water partition coefficient (Wildman–Crippen LogP) is 3.55. The molecular weight excluding hydrogens is 246 g/mol. The summed E-state index contributed by atoms with van der Waals surface area (Å²) in [7, 11) is 2.01. The minimum atomic E-state index is 0.633. The summed E-state index contributed by atoms with van der Waals surface area (Å²) in [4.78, 5) is 0. The maximum absolute atomic E-state index is 4.32. The third-order valence-electron chi connectivity index (χ3n) is 4.84. The fourth-order valence-electron chi connectivity index (χ4n) is 3.64. The zero-order valence-electron chi connectivity index (χ0n) is 13.4. The molecule has 3 nitrogen and oxygen atoms in total. The van der Waals surface area contributed by atoms with Crippen LogP contribution in [0.15, 0.2) is 12.4 Å². The molecule has 1 fully saturated rings. The van der Waals surface area contributed by atoms with E-state index in [-0.39, 0.29) is 0 Å². The number of rotatable bonds is 7. The molecular formula is C17H31N3. The lowest BCUT2D eigenvalue weighted by Crippen LogP contribution is -2.40. The van der Waals surface area contributed by atoms with Crippen molar-refractivity contribution in [2.75, 3.05) is 6.54 Å². The molecule has 1 aromatic heterocycles. The summed E-state index contributed by atoms with van der Waals surface area (Å²) in [6.45, 7) is 5.74. The molecule has 0 bridgehead atoms. The number of hydrogen-bond donors (Lipinski definition) is 1. The SMILES string of the molecule is CCCNC(Cc1cnn(C)c1)C1CCCC(CC)C1. The van der Waals surface area contributed by atoms with Crippen molar-refractivity contribution in [2.24, 2.45) is 18.9 Å². The molecule has 3 heteroatoms. The van der Waals surface area contributed by atoms with Gasteiger partial charge in [0.1, 0.15) is 0 Å². The third-order valence-corrected chi connectivity index (χ3v) is 4.84. The Kier molecular flexibility index (Phi) is 6.08. The Morgan fingerprint density at radius 2 is 2.25 bits per heavy atom. The van der Waals surface area contributed by atoms with Crippen LogP contribution in [0.1, 0.15) is 57.9 Å². The van der Waals surface area contributed by atoms with Crippen LogP contribution in [0.3, 0.4) is 0 Å². The van der Waals surface area contributed by atoms with Crippen LogP contribution in [-0.4, -0.2) is 22.4 Å². The topological polar surface area (TPSA) is 29.9 Å². The van der Waals surface area contributed by atoms with Gasteiger partial charge in [0, 0.05) is 19.3 Å². The van der Waals surface area contributed by atoms with Crippen molar-refractivity contribution in [1.82, 2.24) is 15.1 Å². The van der Waals surface area contributed by atoms with E-state index in [0.29, 0.717) is 6.04 Å². The quantitative estimate of drug-likeness (QED) is 0.826. The zero-order chi connectivity index (χ0) is 14.4. The van der Waals surface area contributed by atoms with Crippen LogP contribution in [0.4, 0.5) is 0 Å². The molecule has 114 valence electrons. The Labute approximate surface area is 124 Å². The van der Waals surface area contributed by atoms with E-state index in [9.17, 15) is 0 Å². The van der Waals surface area contributed by atoms with E-state index in [1.54, 1.807) is 0 Å². The minimum absolute atomic E-state index is 0.633. The van der Waals surface area contributed by atoms with Crippen molar-refractivity contribution in [3.63, 3.8) is 0 Å². The second-order valence-electron chi connectivity index (χ2n) is 6.49. The van der Waals surface area contributed by atoms with Crippen LogP contribution in [0.5, 0.6) is 0 Å². The lowest BCUT2D eigenvalue weighted by Gasteiger charge is -2.35. The standard InChI is InChI=1S/C17H31N3/c1-4-9-18-17(11-15-12-19-20(3)13-15)16-8-6-7-14(5-2)10-16/h12-14,16-18H,4-11H2,1-3H3. The third kappa shape index (κ3) is 4.34. The van der Waals surface area contributed by atoms with E-state index in [1.165, 1.54) is 44.1 Å². The highest BCUT2D eigenvalue weighted by molar-refractivity contribution is 5.07. The van der Waals surface area contributed by atoms with Crippen molar-refractivity contribution in [2.45, 2.75) is 64.8 Å². The van der Waals surface area contributed by atoms with Gasteiger partial charge in [-0.3, -0.25) is 4.68 Å². The Hall–Kier alpha value is -0.830. The second kappa shape index (κ2) is 7.82. The highest BCUT2D eigenvalue weighted by atomic mass is 15.2. The summed E-state index contributed by atoms with van der Waals surface area (Å²) >= 11 is 0. The average Bonchev–Trinajstić information content (AvgIpc) is 2.88. The van der Waals surface area contributed by atoms with Gasteiger partial charge in [0.15, 0.2) is 0 Å². The van der Waals surface area contributed by atoms with Crippen molar-refractivity contribution in [1.29, 1.82) is 0 Å². The Balaban J connectivity index is 1.98. The molecule has 1 N–H and O–H groups in total. The number of aryl methyl sites for hydroxylation is 1. The fraction of sp³-hybridized carbons (Fsp3) is 0.824. The Morgan fingerprint density at radius 1 is 1.40 bits per heavy atom. The highest BCUT2D eigenvalue weighted by Crippen LogP contribution is 2.33. The molecule has 1 aromatic rings. The second-order valence-corrected chi connectivity index (χ2v) is 6.49. The van der Waals surface area contributed by atoms with E-state index < -0.39 is 0 Å². The van der Waals surface area contributed by atoms with Crippen molar-refractivity contribution < 1.29 is 0 Å². The lowest BCUT2D eigenvalue weighted by molar-refractivity contribution is 0.207. The molecule has 1 heterocycles.